The van der Waals surface area contributed by atoms with Crippen LogP contribution < -0.4 is 5.73 Å². The lowest BCUT2D eigenvalue weighted by atomic mass is 10.1. The summed E-state index contributed by atoms with van der Waals surface area (Å²) in [6.45, 7) is 0.519. The van der Waals surface area contributed by atoms with Crippen molar-refractivity contribution in [3.05, 3.63) is 64.0 Å². The third-order valence-corrected chi connectivity index (χ3v) is 3.49. The van der Waals surface area contributed by atoms with Gasteiger partial charge in [0.15, 0.2) is 11.5 Å². The molecule has 19 heavy (non-hydrogen) atoms. The summed E-state index contributed by atoms with van der Waals surface area (Å²) in [7, 11) is 0. The first-order valence-electron chi connectivity index (χ1n) is 6.03. The number of nitrogens with two attached hydrogens (primary N) is 1. The van der Waals surface area contributed by atoms with E-state index in [2.05, 4.69) is 38.1 Å². The zero-order valence-electron chi connectivity index (χ0n) is 10.3. The van der Waals surface area contributed by atoms with E-state index in [-0.39, 0.29) is 0 Å². The second-order valence-corrected chi connectivity index (χ2v) is 5.29. The SMILES string of the molecule is NCc1ccn2nc(Cc3ccc(Br)cc3)nc2c1. The molecule has 0 aliphatic heterocycles. The van der Waals surface area contributed by atoms with E-state index < -0.39 is 0 Å². The number of halogens is 1. The standard InChI is InChI=1S/C14H13BrN4/c15-12-3-1-10(2-4-12)7-13-17-14-8-11(9-16)5-6-19(14)18-13/h1-6,8H,7,9,16H2. The Bertz CT molecular complexity index is 703. The molecule has 2 aromatic heterocycles. The first-order valence-corrected chi connectivity index (χ1v) is 6.82. The summed E-state index contributed by atoms with van der Waals surface area (Å²) in [4.78, 5) is 4.52. The average Bonchev–Trinajstić information content (AvgIpc) is 2.82. The van der Waals surface area contributed by atoms with Crippen LogP contribution in [0.4, 0.5) is 0 Å². The van der Waals surface area contributed by atoms with Gasteiger partial charge >= 0.3 is 0 Å². The molecule has 0 spiro atoms. The number of aromatic nitrogens is 3. The Hall–Kier alpha value is -1.72. The Balaban J connectivity index is 1.90. The molecule has 2 heterocycles. The molecule has 0 bridgehead atoms. The van der Waals surface area contributed by atoms with Gasteiger partial charge in [0.05, 0.1) is 0 Å². The monoisotopic (exact) mass is 316 g/mol. The van der Waals surface area contributed by atoms with Gasteiger partial charge < -0.3 is 5.73 Å². The Kier molecular flexibility index (Phi) is 3.31. The molecule has 96 valence electrons. The zero-order chi connectivity index (χ0) is 13.2. The molecule has 0 saturated heterocycles. The molecular formula is C14H13BrN4. The molecule has 4 nitrogen and oxygen atoms in total. The Morgan fingerprint density at radius 2 is 1.89 bits per heavy atom. The fourth-order valence-corrected chi connectivity index (χ4v) is 2.22. The van der Waals surface area contributed by atoms with Gasteiger partial charge in [-0.05, 0) is 35.4 Å². The van der Waals surface area contributed by atoms with Crippen LogP contribution in [0.15, 0.2) is 47.1 Å². The van der Waals surface area contributed by atoms with Crippen molar-refractivity contribution >= 4 is 21.6 Å². The maximum absolute atomic E-state index is 5.62. The summed E-state index contributed by atoms with van der Waals surface area (Å²) in [5, 5.41) is 4.46. The minimum absolute atomic E-state index is 0.519. The number of pyridine rings is 1. The van der Waals surface area contributed by atoms with Crippen molar-refractivity contribution < 1.29 is 0 Å². The first kappa shape index (κ1) is 12.3. The van der Waals surface area contributed by atoms with Crippen molar-refractivity contribution in [2.75, 3.05) is 0 Å². The van der Waals surface area contributed by atoms with Crippen LogP contribution in [0.25, 0.3) is 5.65 Å². The van der Waals surface area contributed by atoms with E-state index in [1.807, 2.05) is 30.5 Å². The highest BCUT2D eigenvalue weighted by Crippen LogP contribution is 2.13. The predicted octanol–water partition coefficient (Wildman–Crippen LogP) is 2.54. The quantitative estimate of drug-likeness (QED) is 0.808. The van der Waals surface area contributed by atoms with E-state index in [1.165, 1.54) is 5.56 Å². The van der Waals surface area contributed by atoms with E-state index in [1.54, 1.807) is 4.52 Å². The Morgan fingerprint density at radius 3 is 2.63 bits per heavy atom. The van der Waals surface area contributed by atoms with Gasteiger partial charge in [0.1, 0.15) is 0 Å². The molecular weight excluding hydrogens is 304 g/mol. The summed E-state index contributed by atoms with van der Waals surface area (Å²) in [6, 6.07) is 12.1. The third-order valence-electron chi connectivity index (χ3n) is 2.96. The van der Waals surface area contributed by atoms with Crippen LogP contribution in [-0.4, -0.2) is 14.6 Å². The van der Waals surface area contributed by atoms with Gasteiger partial charge in [0.25, 0.3) is 0 Å². The van der Waals surface area contributed by atoms with E-state index in [9.17, 15) is 0 Å². The average molecular weight is 317 g/mol. The fraction of sp³-hybridized carbons (Fsp3) is 0.143. The smallest absolute Gasteiger partial charge is 0.156 e. The van der Waals surface area contributed by atoms with Gasteiger partial charge in [-0.3, -0.25) is 0 Å². The predicted molar refractivity (Wildman–Crippen MR) is 77.8 cm³/mol. The number of hydrogen-bond donors (Lipinski definition) is 1. The highest BCUT2D eigenvalue weighted by Gasteiger charge is 2.05. The summed E-state index contributed by atoms with van der Waals surface area (Å²) >= 11 is 3.43. The molecule has 0 atom stereocenters. The molecule has 2 N–H and O–H groups in total. The van der Waals surface area contributed by atoms with Crippen molar-refractivity contribution in [1.29, 1.82) is 0 Å². The fourth-order valence-electron chi connectivity index (χ4n) is 1.96. The van der Waals surface area contributed by atoms with Crippen LogP contribution in [0.5, 0.6) is 0 Å². The minimum Gasteiger partial charge on any atom is -0.326 e. The van der Waals surface area contributed by atoms with Crippen LogP contribution in [0.2, 0.25) is 0 Å². The number of hydrogen-bond acceptors (Lipinski definition) is 3. The van der Waals surface area contributed by atoms with E-state index in [0.29, 0.717) is 6.54 Å². The van der Waals surface area contributed by atoms with Gasteiger partial charge in [-0.15, -0.1) is 0 Å². The van der Waals surface area contributed by atoms with Crippen LogP contribution >= 0.6 is 15.9 Å². The molecule has 0 radical (unpaired) electrons. The van der Waals surface area contributed by atoms with Gasteiger partial charge in [0, 0.05) is 23.6 Å². The zero-order valence-corrected chi connectivity index (χ0v) is 11.8. The van der Waals surface area contributed by atoms with Crippen molar-refractivity contribution in [2.45, 2.75) is 13.0 Å². The summed E-state index contributed by atoms with van der Waals surface area (Å²) in [6.07, 6.45) is 2.63. The number of fused-ring (bicyclic) bond motifs is 1. The van der Waals surface area contributed by atoms with Crippen molar-refractivity contribution in [1.82, 2.24) is 14.6 Å². The molecule has 0 aliphatic rings. The molecule has 0 fully saturated rings. The van der Waals surface area contributed by atoms with Crippen molar-refractivity contribution in [2.24, 2.45) is 5.73 Å². The normalized spacial score (nSPS) is 11.1. The topological polar surface area (TPSA) is 56.2 Å². The van der Waals surface area contributed by atoms with Gasteiger partial charge in [0.2, 0.25) is 0 Å². The van der Waals surface area contributed by atoms with Gasteiger partial charge in [-0.1, -0.05) is 28.1 Å². The van der Waals surface area contributed by atoms with Crippen LogP contribution in [0.1, 0.15) is 17.0 Å². The lowest BCUT2D eigenvalue weighted by Crippen LogP contribution is -1.97. The van der Waals surface area contributed by atoms with Crippen molar-refractivity contribution in [3.63, 3.8) is 0 Å². The number of nitrogens with zero attached hydrogens (tertiary/aromatic N) is 3. The number of benzene rings is 1. The number of rotatable bonds is 3. The Labute approximate surface area is 119 Å². The molecule has 0 amide bonds. The summed E-state index contributed by atoms with van der Waals surface area (Å²) in [5.41, 5.74) is 8.72. The lowest BCUT2D eigenvalue weighted by molar-refractivity contribution is 0.895. The molecule has 5 heteroatoms. The molecule has 3 aromatic rings. The van der Waals surface area contributed by atoms with Crippen molar-refractivity contribution in [3.8, 4) is 0 Å². The molecule has 1 aromatic carbocycles. The highest BCUT2D eigenvalue weighted by molar-refractivity contribution is 9.10. The second-order valence-electron chi connectivity index (χ2n) is 4.37. The van der Waals surface area contributed by atoms with Gasteiger partial charge in [-0.25, -0.2) is 9.50 Å². The molecule has 0 aliphatic carbocycles. The lowest BCUT2D eigenvalue weighted by Gasteiger charge is -1.96. The van der Waals surface area contributed by atoms with E-state index in [4.69, 9.17) is 5.73 Å². The van der Waals surface area contributed by atoms with E-state index >= 15 is 0 Å². The minimum atomic E-state index is 0.519. The van der Waals surface area contributed by atoms with Crippen LogP contribution in [-0.2, 0) is 13.0 Å². The molecule has 0 saturated carbocycles. The second kappa shape index (κ2) is 5.11. The highest BCUT2D eigenvalue weighted by atomic mass is 79.9. The largest absolute Gasteiger partial charge is 0.326 e. The van der Waals surface area contributed by atoms with Gasteiger partial charge in [-0.2, -0.15) is 5.10 Å². The van der Waals surface area contributed by atoms with E-state index in [0.717, 1.165) is 27.9 Å². The molecule has 3 rings (SSSR count). The summed E-state index contributed by atoms with van der Waals surface area (Å²) in [5.74, 6) is 0.816. The van der Waals surface area contributed by atoms with Crippen LogP contribution in [0.3, 0.4) is 0 Å². The Morgan fingerprint density at radius 1 is 1.11 bits per heavy atom. The van der Waals surface area contributed by atoms with Crippen LogP contribution in [0, 0.1) is 0 Å². The maximum Gasteiger partial charge on any atom is 0.156 e. The summed E-state index contributed by atoms with van der Waals surface area (Å²) < 4.78 is 2.86. The maximum atomic E-state index is 5.62. The third kappa shape index (κ3) is 2.67. The molecule has 0 unspecified atom stereocenters. The first-order chi connectivity index (χ1) is 9.24.